The number of rotatable bonds is 10. The molecule has 1 saturated heterocycles. The number of carbonyl (C=O) groups is 3. The zero-order chi connectivity index (χ0) is 29.3. The van der Waals surface area contributed by atoms with Gasteiger partial charge in [0.25, 0.3) is 0 Å². The van der Waals surface area contributed by atoms with Crippen LogP contribution in [0, 0.1) is 0 Å². The Morgan fingerprint density at radius 3 is 1.71 bits per heavy atom. The smallest absolute Gasteiger partial charge is 0.338 e. The molecule has 214 valence electrons. The molecule has 9 heteroatoms. The molecule has 5 atom stereocenters. The minimum atomic E-state index is -1.41. The Hall–Kier alpha value is -4.44. The van der Waals surface area contributed by atoms with Gasteiger partial charge in [-0.3, -0.25) is 0 Å². The number of thioether (sulfide) groups is 1. The summed E-state index contributed by atoms with van der Waals surface area (Å²) in [5.41, 5.74) is 0.0283. The molecule has 1 aliphatic heterocycles. The Bertz CT molecular complexity index is 1470. The predicted octanol–water partition coefficient (Wildman–Crippen LogP) is 5.17. The van der Waals surface area contributed by atoms with Crippen LogP contribution in [0.5, 0.6) is 0 Å². The number of hydrogen-bond acceptors (Lipinski definition) is 9. The van der Waals surface area contributed by atoms with Crippen LogP contribution in [0.15, 0.2) is 126 Å². The standard InChI is InChI=1S/C33H28O8S/c34-27-28(26(39-31(36)23-15-7-2-8-16-23)21-38-30(35)22-13-5-1-6-14-22)41-33(42-25-19-11-4-12-20-25)29(27)40-32(37)24-17-9-3-10-18-24/h1-20,26-29,33-34H,21H2/t26-,27?,28+,29?,33+/m1/s1. The van der Waals surface area contributed by atoms with Crippen molar-refractivity contribution in [3.8, 4) is 0 Å². The first-order valence-corrected chi connectivity index (χ1v) is 14.2. The van der Waals surface area contributed by atoms with E-state index in [0.29, 0.717) is 11.1 Å². The van der Waals surface area contributed by atoms with Crippen molar-refractivity contribution >= 4 is 29.7 Å². The summed E-state index contributed by atoms with van der Waals surface area (Å²) in [6.07, 6.45) is -4.95. The third kappa shape index (κ3) is 7.25. The molecule has 1 aliphatic rings. The average Bonchev–Trinajstić information content (AvgIpc) is 3.34. The quantitative estimate of drug-likeness (QED) is 0.199. The number of aliphatic hydroxyl groups is 1. The largest absolute Gasteiger partial charge is 0.458 e. The summed E-state index contributed by atoms with van der Waals surface area (Å²) in [6, 6.07) is 34.3. The summed E-state index contributed by atoms with van der Waals surface area (Å²) in [5.74, 6) is -1.97. The molecular formula is C33H28O8S. The van der Waals surface area contributed by atoms with Crippen LogP contribution >= 0.6 is 11.8 Å². The summed E-state index contributed by atoms with van der Waals surface area (Å²) in [6.45, 7) is -0.407. The minimum absolute atomic E-state index is 0.270. The van der Waals surface area contributed by atoms with Crippen molar-refractivity contribution in [1.82, 2.24) is 0 Å². The molecule has 5 rings (SSSR count). The lowest BCUT2D eigenvalue weighted by Gasteiger charge is -2.26. The lowest BCUT2D eigenvalue weighted by atomic mass is 10.1. The fourth-order valence-corrected chi connectivity index (χ4v) is 5.50. The summed E-state index contributed by atoms with van der Waals surface area (Å²) < 4.78 is 23.3. The van der Waals surface area contributed by atoms with Gasteiger partial charge in [0.15, 0.2) is 12.2 Å². The van der Waals surface area contributed by atoms with E-state index in [0.717, 1.165) is 4.90 Å². The molecule has 0 aliphatic carbocycles. The zero-order valence-corrected chi connectivity index (χ0v) is 23.2. The van der Waals surface area contributed by atoms with Gasteiger partial charge in [0.05, 0.1) is 16.7 Å². The van der Waals surface area contributed by atoms with Crippen LogP contribution in [0.25, 0.3) is 0 Å². The van der Waals surface area contributed by atoms with E-state index in [1.54, 1.807) is 91.0 Å². The Morgan fingerprint density at radius 1 is 0.690 bits per heavy atom. The number of ether oxygens (including phenoxy) is 4. The molecule has 8 nitrogen and oxygen atoms in total. The first kappa shape index (κ1) is 29.1. The van der Waals surface area contributed by atoms with E-state index in [1.165, 1.54) is 11.8 Å². The van der Waals surface area contributed by atoms with Crippen LogP contribution in [-0.2, 0) is 18.9 Å². The SMILES string of the molecule is O=C(OC[C@@H](OC(=O)c1ccccc1)[C@@H]1O[C@@H](Sc2ccccc2)C(OC(=O)c2ccccc2)C1O)c1ccccc1. The normalized spacial score (nSPS) is 20.3. The van der Waals surface area contributed by atoms with Crippen molar-refractivity contribution in [3.05, 3.63) is 138 Å². The van der Waals surface area contributed by atoms with Crippen LogP contribution in [0.1, 0.15) is 31.1 Å². The molecule has 0 amide bonds. The third-order valence-corrected chi connectivity index (χ3v) is 7.66. The lowest BCUT2D eigenvalue weighted by molar-refractivity contribution is -0.0852. The first-order valence-electron chi connectivity index (χ1n) is 13.3. The van der Waals surface area contributed by atoms with Gasteiger partial charge in [-0.05, 0) is 48.5 Å². The van der Waals surface area contributed by atoms with E-state index in [2.05, 4.69) is 0 Å². The number of benzene rings is 4. The maximum atomic E-state index is 13.1. The molecule has 1 N–H and O–H groups in total. The minimum Gasteiger partial charge on any atom is -0.458 e. The van der Waals surface area contributed by atoms with Crippen molar-refractivity contribution in [2.75, 3.05) is 6.61 Å². The van der Waals surface area contributed by atoms with Crippen molar-refractivity contribution in [1.29, 1.82) is 0 Å². The molecule has 1 heterocycles. The highest BCUT2D eigenvalue weighted by Crippen LogP contribution is 2.38. The van der Waals surface area contributed by atoms with Gasteiger partial charge in [-0.15, -0.1) is 0 Å². The van der Waals surface area contributed by atoms with E-state index < -0.39 is 54.4 Å². The number of hydrogen-bond donors (Lipinski definition) is 1. The monoisotopic (exact) mass is 584 g/mol. The van der Waals surface area contributed by atoms with Crippen molar-refractivity contribution in [2.45, 2.75) is 34.7 Å². The fraction of sp³-hybridized carbons (Fsp3) is 0.182. The summed E-state index contributed by atoms with van der Waals surface area (Å²) in [4.78, 5) is 39.6. The molecule has 4 aromatic carbocycles. The van der Waals surface area contributed by atoms with Crippen LogP contribution in [0.2, 0.25) is 0 Å². The van der Waals surface area contributed by atoms with Gasteiger partial charge in [0, 0.05) is 4.90 Å². The van der Waals surface area contributed by atoms with E-state index in [-0.39, 0.29) is 5.56 Å². The van der Waals surface area contributed by atoms with Gasteiger partial charge in [-0.1, -0.05) is 84.6 Å². The van der Waals surface area contributed by atoms with E-state index in [9.17, 15) is 19.5 Å². The molecule has 0 spiro atoms. The van der Waals surface area contributed by atoms with E-state index in [1.807, 2.05) is 30.3 Å². The molecule has 1 fully saturated rings. The van der Waals surface area contributed by atoms with Crippen LogP contribution in [0.4, 0.5) is 0 Å². The third-order valence-electron chi connectivity index (χ3n) is 6.50. The maximum Gasteiger partial charge on any atom is 0.338 e. The molecule has 4 aromatic rings. The first-order chi connectivity index (χ1) is 20.5. The molecule has 0 bridgehead atoms. The second kappa shape index (κ2) is 14.0. The Morgan fingerprint density at radius 2 is 1.17 bits per heavy atom. The van der Waals surface area contributed by atoms with Crippen molar-refractivity contribution in [3.63, 3.8) is 0 Å². The lowest BCUT2D eigenvalue weighted by Crippen LogP contribution is -2.45. The highest BCUT2D eigenvalue weighted by Gasteiger charge is 2.51. The maximum absolute atomic E-state index is 13.1. The van der Waals surface area contributed by atoms with Gasteiger partial charge >= 0.3 is 17.9 Å². The second-order valence-corrected chi connectivity index (χ2v) is 10.6. The molecule has 2 unspecified atom stereocenters. The van der Waals surface area contributed by atoms with E-state index in [4.69, 9.17) is 18.9 Å². The van der Waals surface area contributed by atoms with Crippen molar-refractivity contribution < 1.29 is 38.4 Å². The number of aliphatic hydroxyl groups excluding tert-OH is 1. The van der Waals surface area contributed by atoms with Gasteiger partial charge in [0.2, 0.25) is 0 Å². The summed E-state index contributed by atoms with van der Waals surface area (Å²) in [5, 5.41) is 11.5. The fourth-order valence-electron chi connectivity index (χ4n) is 4.38. The molecule has 0 saturated carbocycles. The van der Waals surface area contributed by atoms with Crippen LogP contribution in [-0.4, -0.2) is 59.5 Å². The number of carbonyl (C=O) groups excluding carboxylic acids is 3. The topological polar surface area (TPSA) is 108 Å². The van der Waals surface area contributed by atoms with Crippen LogP contribution < -0.4 is 0 Å². The number of esters is 3. The van der Waals surface area contributed by atoms with Crippen molar-refractivity contribution in [2.24, 2.45) is 0 Å². The highest BCUT2D eigenvalue weighted by molar-refractivity contribution is 7.99. The van der Waals surface area contributed by atoms with Crippen LogP contribution in [0.3, 0.4) is 0 Å². The predicted molar refractivity (Wildman–Crippen MR) is 155 cm³/mol. The van der Waals surface area contributed by atoms with Gasteiger partial charge in [-0.25, -0.2) is 14.4 Å². The Kier molecular flexibility index (Phi) is 9.66. The summed E-state index contributed by atoms with van der Waals surface area (Å²) >= 11 is 1.25. The molecule has 0 aromatic heterocycles. The summed E-state index contributed by atoms with van der Waals surface area (Å²) in [7, 11) is 0. The van der Waals surface area contributed by atoms with Gasteiger partial charge in [0.1, 0.15) is 24.3 Å². The van der Waals surface area contributed by atoms with E-state index >= 15 is 0 Å². The molecular weight excluding hydrogens is 556 g/mol. The highest BCUT2D eigenvalue weighted by atomic mass is 32.2. The Labute approximate surface area is 247 Å². The average molecular weight is 585 g/mol. The zero-order valence-electron chi connectivity index (χ0n) is 22.4. The molecule has 42 heavy (non-hydrogen) atoms. The van der Waals surface area contributed by atoms with Gasteiger partial charge in [-0.2, -0.15) is 0 Å². The Balaban J connectivity index is 1.40. The molecule has 0 radical (unpaired) electrons. The van der Waals surface area contributed by atoms with Gasteiger partial charge < -0.3 is 24.1 Å². The second-order valence-electron chi connectivity index (χ2n) is 9.40.